The summed E-state index contributed by atoms with van der Waals surface area (Å²) >= 11 is 6.28. The first kappa shape index (κ1) is 24.4. The van der Waals surface area contributed by atoms with E-state index in [-0.39, 0.29) is 40.8 Å². The summed E-state index contributed by atoms with van der Waals surface area (Å²) in [6, 6.07) is 21.9. The lowest BCUT2D eigenvalue weighted by Crippen LogP contribution is -2.48. The van der Waals surface area contributed by atoms with Crippen molar-refractivity contribution in [2.24, 2.45) is 0 Å². The number of benzene rings is 3. The van der Waals surface area contributed by atoms with Crippen LogP contribution >= 0.6 is 11.6 Å². The largest absolute Gasteiger partial charge is 0.373 e. The zero-order chi connectivity index (χ0) is 24.3. The van der Waals surface area contributed by atoms with E-state index in [1.807, 2.05) is 68.4 Å². The molecule has 3 aromatic carbocycles. The fraction of sp³-hybridized carbons (Fsp3) is 0.269. The quantitative estimate of drug-likeness (QED) is 0.520. The van der Waals surface area contributed by atoms with Crippen molar-refractivity contribution in [2.75, 3.05) is 18.4 Å². The van der Waals surface area contributed by atoms with Crippen molar-refractivity contribution >= 4 is 33.2 Å². The Morgan fingerprint density at radius 2 is 1.65 bits per heavy atom. The molecule has 1 saturated heterocycles. The van der Waals surface area contributed by atoms with Gasteiger partial charge in [-0.15, -0.1) is 0 Å². The molecule has 0 saturated carbocycles. The number of hydrogen-bond acceptors (Lipinski definition) is 4. The number of halogens is 1. The first-order valence-electron chi connectivity index (χ1n) is 11.1. The summed E-state index contributed by atoms with van der Waals surface area (Å²) in [7, 11) is -3.89. The minimum absolute atomic E-state index is 0.0767. The first-order valence-corrected chi connectivity index (χ1v) is 12.9. The zero-order valence-corrected chi connectivity index (χ0v) is 20.6. The van der Waals surface area contributed by atoms with Crippen molar-refractivity contribution in [3.63, 3.8) is 0 Å². The number of carbonyl (C=O) groups is 1. The van der Waals surface area contributed by atoms with E-state index in [0.717, 1.165) is 11.1 Å². The highest BCUT2D eigenvalue weighted by atomic mass is 35.5. The number of para-hydroxylation sites is 1. The van der Waals surface area contributed by atoms with Gasteiger partial charge in [-0.1, -0.05) is 60.1 Å². The molecule has 178 valence electrons. The lowest BCUT2D eigenvalue weighted by Gasteiger charge is -2.34. The molecule has 0 bridgehead atoms. The molecule has 3 aromatic rings. The number of ether oxygens (including phenoxy) is 1. The fourth-order valence-corrected chi connectivity index (χ4v) is 6.21. The zero-order valence-electron chi connectivity index (χ0n) is 19.1. The summed E-state index contributed by atoms with van der Waals surface area (Å²) in [4.78, 5) is 13.0. The summed E-state index contributed by atoms with van der Waals surface area (Å²) in [5, 5.41) is 3.01. The van der Waals surface area contributed by atoms with Gasteiger partial charge in [-0.2, -0.15) is 4.31 Å². The van der Waals surface area contributed by atoms with E-state index in [2.05, 4.69) is 5.32 Å². The molecule has 1 aliphatic rings. The number of nitrogens with one attached hydrogen (secondary N) is 1. The topological polar surface area (TPSA) is 75.7 Å². The van der Waals surface area contributed by atoms with E-state index in [4.69, 9.17) is 16.3 Å². The Labute approximate surface area is 205 Å². The number of rotatable bonds is 6. The molecule has 1 heterocycles. The van der Waals surface area contributed by atoms with Gasteiger partial charge in [-0.05, 0) is 55.7 Å². The van der Waals surface area contributed by atoms with Crippen molar-refractivity contribution in [1.82, 2.24) is 4.31 Å². The van der Waals surface area contributed by atoms with Gasteiger partial charge in [0.1, 0.15) is 4.90 Å². The van der Waals surface area contributed by atoms with Gasteiger partial charge in [0.25, 0.3) is 5.91 Å². The maximum atomic E-state index is 13.3. The van der Waals surface area contributed by atoms with E-state index in [9.17, 15) is 13.2 Å². The van der Waals surface area contributed by atoms with E-state index in [1.165, 1.54) is 22.5 Å². The molecule has 1 fully saturated rings. The van der Waals surface area contributed by atoms with Crippen LogP contribution in [0, 0.1) is 0 Å². The van der Waals surface area contributed by atoms with Crippen LogP contribution in [0.3, 0.4) is 0 Å². The maximum absolute atomic E-state index is 13.3. The Balaban J connectivity index is 1.59. The van der Waals surface area contributed by atoms with E-state index >= 15 is 0 Å². The molecule has 34 heavy (non-hydrogen) atoms. The van der Waals surface area contributed by atoms with Gasteiger partial charge in [-0.25, -0.2) is 8.42 Å². The highest BCUT2D eigenvalue weighted by Gasteiger charge is 2.34. The van der Waals surface area contributed by atoms with Gasteiger partial charge >= 0.3 is 0 Å². The molecule has 6 nitrogen and oxygen atoms in total. The third-order valence-corrected chi connectivity index (χ3v) is 8.01. The van der Waals surface area contributed by atoms with Crippen LogP contribution in [-0.4, -0.2) is 43.9 Å². The minimum Gasteiger partial charge on any atom is -0.373 e. The molecule has 1 aliphatic heterocycles. The molecule has 1 N–H and O–H groups in total. The average Bonchev–Trinajstić information content (AvgIpc) is 2.80. The normalized spacial score (nSPS) is 19.0. The van der Waals surface area contributed by atoms with Gasteiger partial charge in [0.2, 0.25) is 10.0 Å². The summed E-state index contributed by atoms with van der Waals surface area (Å²) in [6.07, 6.45) is 0.195. The third-order valence-electron chi connectivity index (χ3n) is 5.70. The van der Waals surface area contributed by atoms with Crippen LogP contribution in [0.2, 0.25) is 5.02 Å². The summed E-state index contributed by atoms with van der Waals surface area (Å²) in [6.45, 7) is 4.12. The van der Waals surface area contributed by atoms with Crippen LogP contribution in [0.25, 0.3) is 0 Å². The Bertz CT molecular complexity index is 1270. The van der Waals surface area contributed by atoms with E-state index in [1.54, 1.807) is 0 Å². The van der Waals surface area contributed by atoms with Gasteiger partial charge in [0.15, 0.2) is 0 Å². The standard InChI is InChI=1S/C26H27ClN2O4S/c1-18-16-29(17-19(2)33-18)34(31,32)25-15-22(12-13-23(25)27)26(30)28-24-11-7-6-10-21(24)14-20-8-4-3-5-9-20/h3-13,15,18-19H,14,16-17H2,1-2H3,(H,28,30). The van der Waals surface area contributed by atoms with Crippen LogP contribution in [0.15, 0.2) is 77.7 Å². The fourth-order valence-electron chi connectivity index (χ4n) is 4.11. The number of hydrogen-bond donors (Lipinski definition) is 1. The maximum Gasteiger partial charge on any atom is 0.255 e. The second-order valence-electron chi connectivity index (χ2n) is 8.50. The molecule has 1 amide bonds. The van der Waals surface area contributed by atoms with Crippen LogP contribution in [0.1, 0.15) is 35.3 Å². The predicted molar refractivity (Wildman–Crippen MR) is 134 cm³/mol. The molecule has 0 spiro atoms. The highest BCUT2D eigenvalue weighted by Crippen LogP contribution is 2.29. The molecular weight excluding hydrogens is 472 g/mol. The molecule has 0 radical (unpaired) electrons. The minimum atomic E-state index is -3.89. The third kappa shape index (κ3) is 5.50. The monoisotopic (exact) mass is 498 g/mol. The second-order valence-corrected chi connectivity index (χ2v) is 10.8. The molecule has 8 heteroatoms. The van der Waals surface area contributed by atoms with Gasteiger partial charge in [0, 0.05) is 24.3 Å². The van der Waals surface area contributed by atoms with E-state index < -0.39 is 15.9 Å². The second kappa shape index (κ2) is 10.3. The number of carbonyl (C=O) groups excluding carboxylic acids is 1. The number of morpholine rings is 1. The first-order chi connectivity index (χ1) is 16.2. The van der Waals surface area contributed by atoms with Gasteiger partial charge < -0.3 is 10.1 Å². The molecule has 2 atom stereocenters. The van der Waals surface area contributed by atoms with Crippen molar-refractivity contribution in [1.29, 1.82) is 0 Å². The Morgan fingerprint density at radius 1 is 1.00 bits per heavy atom. The summed E-state index contributed by atoms with van der Waals surface area (Å²) < 4.78 is 33.7. The molecule has 0 aliphatic carbocycles. The number of amides is 1. The number of sulfonamides is 1. The molecular formula is C26H27ClN2O4S. The van der Waals surface area contributed by atoms with Gasteiger partial charge in [-0.3, -0.25) is 4.79 Å². The van der Waals surface area contributed by atoms with Crippen molar-refractivity contribution in [3.05, 3.63) is 94.5 Å². The number of nitrogens with zero attached hydrogens (tertiary/aromatic N) is 1. The summed E-state index contributed by atoms with van der Waals surface area (Å²) in [5.74, 6) is -0.405. The Hall–Kier alpha value is -2.71. The molecule has 4 rings (SSSR count). The molecule has 0 aromatic heterocycles. The average molecular weight is 499 g/mol. The highest BCUT2D eigenvalue weighted by molar-refractivity contribution is 7.89. The Kier molecular flexibility index (Phi) is 7.38. The van der Waals surface area contributed by atoms with Crippen LogP contribution < -0.4 is 5.32 Å². The van der Waals surface area contributed by atoms with Crippen LogP contribution in [-0.2, 0) is 21.2 Å². The predicted octanol–water partition coefficient (Wildman–Crippen LogP) is 4.98. The van der Waals surface area contributed by atoms with E-state index in [0.29, 0.717) is 12.1 Å². The van der Waals surface area contributed by atoms with Gasteiger partial charge in [0.05, 0.1) is 17.2 Å². The van der Waals surface area contributed by atoms with Crippen LogP contribution in [0.4, 0.5) is 5.69 Å². The number of anilines is 1. The van der Waals surface area contributed by atoms with Crippen molar-refractivity contribution < 1.29 is 17.9 Å². The summed E-state index contributed by atoms with van der Waals surface area (Å²) in [5.41, 5.74) is 2.97. The molecule has 2 unspecified atom stereocenters. The smallest absolute Gasteiger partial charge is 0.255 e. The van der Waals surface area contributed by atoms with Crippen molar-refractivity contribution in [3.8, 4) is 0 Å². The Morgan fingerprint density at radius 3 is 2.35 bits per heavy atom. The lowest BCUT2D eigenvalue weighted by molar-refractivity contribution is -0.0440. The SMILES string of the molecule is CC1CN(S(=O)(=O)c2cc(C(=O)Nc3ccccc3Cc3ccccc3)ccc2Cl)CC(C)O1. The van der Waals surface area contributed by atoms with Crippen molar-refractivity contribution in [2.45, 2.75) is 37.4 Å². The lowest BCUT2D eigenvalue weighted by atomic mass is 10.0. The van der Waals surface area contributed by atoms with Crippen LogP contribution in [0.5, 0.6) is 0 Å².